The number of rotatable bonds is 4. The maximum atomic E-state index is 8.76. The van der Waals surface area contributed by atoms with E-state index in [2.05, 4.69) is 6.92 Å². The number of allylic oxidation sites excluding steroid dienone is 1. The molecule has 2 heteroatoms. The van der Waals surface area contributed by atoms with E-state index >= 15 is 0 Å². The molecule has 0 atom stereocenters. The Morgan fingerprint density at radius 3 is 2.67 bits per heavy atom. The smallest absolute Gasteiger partial charge is 0.312 e. The van der Waals surface area contributed by atoms with Gasteiger partial charge in [-0.25, -0.2) is 0 Å². The van der Waals surface area contributed by atoms with Gasteiger partial charge in [-0.15, -0.1) is 0 Å². The Morgan fingerprint density at radius 2 is 2.22 bits per heavy atom. The Balaban J connectivity index is 3.04. The van der Waals surface area contributed by atoms with Crippen LogP contribution in [0.25, 0.3) is 0 Å². The van der Waals surface area contributed by atoms with Crippen LogP contribution in [0.4, 0.5) is 0 Å². The van der Waals surface area contributed by atoms with Crippen molar-refractivity contribution in [2.45, 2.75) is 33.0 Å². The fraction of sp³-hybridized carbons (Fsp3) is 0.714. The summed E-state index contributed by atoms with van der Waals surface area (Å²) in [6.07, 6.45) is 5.59. The SMILES string of the molecule is CCCC/C=C/B(C)O. The van der Waals surface area contributed by atoms with E-state index in [1.165, 1.54) is 12.8 Å². The van der Waals surface area contributed by atoms with Crippen molar-refractivity contribution >= 4 is 6.92 Å². The summed E-state index contributed by atoms with van der Waals surface area (Å²) in [6, 6.07) is 0. The third kappa shape index (κ3) is 7.76. The second-order valence-electron chi connectivity index (χ2n) is 2.31. The van der Waals surface area contributed by atoms with E-state index in [1.54, 1.807) is 6.82 Å². The zero-order valence-corrected chi connectivity index (χ0v) is 6.30. The minimum absolute atomic E-state index is 0.276. The third-order valence-corrected chi connectivity index (χ3v) is 1.14. The van der Waals surface area contributed by atoms with Crippen LogP contribution >= 0.6 is 0 Å². The molecule has 0 bridgehead atoms. The van der Waals surface area contributed by atoms with Gasteiger partial charge in [0, 0.05) is 0 Å². The molecule has 0 spiro atoms. The molecule has 0 heterocycles. The fourth-order valence-corrected chi connectivity index (χ4v) is 0.615. The summed E-state index contributed by atoms with van der Waals surface area (Å²) >= 11 is 0. The lowest BCUT2D eigenvalue weighted by molar-refractivity contribution is 0.592. The largest absolute Gasteiger partial charge is 0.447 e. The zero-order chi connectivity index (χ0) is 7.11. The minimum Gasteiger partial charge on any atom is -0.447 e. The van der Waals surface area contributed by atoms with Crippen LogP contribution in [0, 0.1) is 0 Å². The lowest BCUT2D eigenvalue weighted by Gasteiger charge is -1.88. The second kappa shape index (κ2) is 5.89. The van der Waals surface area contributed by atoms with E-state index in [-0.39, 0.29) is 6.92 Å². The van der Waals surface area contributed by atoms with Crippen molar-refractivity contribution in [3.8, 4) is 0 Å². The van der Waals surface area contributed by atoms with Crippen molar-refractivity contribution in [1.29, 1.82) is 0 Å². The lowest BCUT2D eigenvalue weighted by atomic mass is 9.72. The van der Waals surface area contributed by atoms with Gasteiger partial charge in [0.05, 0.1) is 0 Å². The van der Waals surface area contributed by atoms with Crippen molar-refractivity contribution in [3.63, 3.8) is 0 Å². The average molecular weight is 126 g/mol. The third-order valence-electron chi connectivity index (χ3n) is 1.14. The molecule has 1 nitrogen and oxygen atoms in total. The molecular weight excluding hydrogens is 111 g/mol. The van der Waals surface area contributed by atoms with Gasteiger partial charge in [-0.05, 0) is 6.42 Å². The molecule has 52 valence electrons. The van der Waals surface area contributed by atoms with Crippen LogP contribution < -0.4 is 0 Å². The predicted octanol–water partition coefficient (Wildman–Crippen LogP) is 1.89. The van der Waals surface area contributed by atoms with Gasteiger partial charge in [0.1, 0.15) is 0 Å². The monoisotopic (exact) mass is 126 g/mol. The first-order valence-electron chi connectivity index (χ1n) is 3.62. The molecule has 0 amide bonds. The molecule has 0 aliphatic carbocycles. The van der Waals surface area contributed by atoms with Crippen LogP contribution in [-0.4, -0.2) is 11.9 Å². The molecule has 0 aliphatic rings. The van der Waals surface area contributed by atoms with Gasteiger partial charge in [-0.1, -0.05) is 38.6 Å². The maximum absolute atomic E-state index is 8.76. The maximum Gasteiger partial charge on any atom is 0.312 e. The van der Waals surface area contributed by atoms with Crippen molar-refractivity contribution in [2.75, 3.05) is 0 Å². The van der Waals surface area contributed by atoms with Crippen LogP contribution in [-0.2, 0) is 0 Å². The minimum atomic E-state index is -0.276. The highest BCUT2D eigenvalue weighted by Gasteiger charge is 1.90. The van der Waals surface area contributed by atoms with E-state index in [0.29, 0.717) is 0 Å². The van der Waals surface area contributed by atoms with Gasteiger partial charge >= 0.3 is 6.92 Å². The van der Waals surface area contributed by atoms with Crippen LogP contribution in [0.5, 0.6) is 0 Å². The Kier molecular flexibility index (Phi) is 5.74. The Hall–Kier alpha value is -0.235. The van der Waals surface area contributed by atoms with Crippen LogP contribution in [0.2, 0.25) is 6.82 Å². The first-order chi connectivity index (χ1) is 4.27. The molecule has 0 unspecified atom stereocenters. The highest BCUT2D eigenvalue weighted by Crippen LogP contribution is 1.94. The van der Waals surface area contributed by atoms with Crippen LogP contribution in [0.15, 0.2) is 12.1 Å². The summed E-state index contributed by atoms with van der Waals surface area (Å²) in [4.78, 5) is 0. The van der Waals surface area contributed by atoms with Crippen LogP contribution in [0.1, 0.15) is 26.2 Å². The molecule has 0 aromatic carbocycles. The Morgan fingerprint density at radius 1 is 1.56 bits per heavy atom. The summed E-state index contributed by atoms with van der Waals surface area (Å²) in [6.45, 7) is 3.65. The molecule has 0 fully saturated rings. The highest BCUT2D eigenvalue weighted by atomic mass is 16.2. The van der Waals surface area contributed by atoms with Crippen molar-refractivity contribution < 1.29 is 5.02 Å². The summed E-state index contributed by atoms with van der Waals surface area (Å²) < 4.78 is 0. The Labute approximate surface area is 57.9 Å². The fourth-order valence-electron chi connectivity index (χ4n) is 0.615. The lowest BCUT2D eigenvalue weighted by Crippen LogP contribution is -1.98. The van der Waals surface area contributed by atoms with Crippen LogP contribution in [0.3, 0.4) is 0 Å². The van der Waals surface area contributed by atoms with Gasteiger partial charge in [0.15, 0.2) is 0 Å². The average Bonchev–Trinajstić information content (AvgIpc) is 1.80. The molecule has 0 aliphatic heterocycles. The molecular formula is C7H15BO. The van der Waals surface area contributed by atoms with E-state index in [4.69, 9.17) is 5.02 Å². The van der Waals surface area contributed by atoms with Crippen molar-refractivity contribution in [3.05, 3.63) is 12.1 Å². The van der Waals surface area contributed by atoms with Gasteiger partial charge < -0.3 is 5.02 Å². The predicted molar refractivity (Wildman–Crippen MR) is 42.5 cm³/mol. The number of hydrogen-bond donors (Lipinski definition) is 1. The van der Waals surface area contributed by atoms with Gasteiger partial charge in [0.25, 0.3) is 0 Å². The Bertz CT molecular complexity index is 79.0. The quantitative estimate of drug-likeness (QED) is 0.450. The molecule has 0 aromatic rings. The van der Waals surface area contributed by atoms with E-state index in [0.717, 1.165) is 6.42 Å². The summed E-state index contributed by atoms with van der Waals surface area (Å²) in [5.41, 5.74) is 0. The molecule has 0 aromatic heterocycles. The van der Waals surface area contributed by atoms with E-state index in [1.807, 2.05) is 12.1 Å². The normalized spacial score (nSPS) is 10.6. The van der Waals surface area contributed by atoms with E-state index in [9.17, 15) is 0 Å². The zero-order valence-electron chi connectivity index (χ0n) is 6.30. The van der Waals surface area contributed by atoms with E-state index < -0.39 is 0 Å². The molecule has 0 radical (unpaired) electrons. The second-order valence-corrected chi connectivity index (χ2v) is 2.31. The number of unbranched alkanes of at least 4 members (excludes halogenated alkanes) is 2. The first-order valence-corrected chi connectivity index (χ1v) is 3.62. The summed E-state index contributed by atoms with van der Waals surface area (Å²) in [5.74, 6) is 1.83. The molecule has 0 saturated carbocycles. The molecule has 0 saturated heterocycles. The molecule has 1 N–H and O–H groups in total. The van der Waals surface area contributed by atoms with Gasteiger partial charge in [-0.3, -0.25) is 0 Å². The molecule has 0 rings (SSSR count). The van der Waals surface area contributed by atoms with Crippen molar-refractivity contribution in [1.82, 2.24) is 0 Å². The van der Waals surface area contributed by atoms with Gasteiger partial charge in [0.2, 0.25) is 0 Å². The molecule has 9 heavy (non-hydrogen) atoms. The first kappa shape index (κ1) is 8.76. The summed E-state index contributed by atoms with van der Waals surface area (Å²) in [5, 5.41) is 8.76. The van der Waals surface area contributed by atoms with Crippen molar-refractivity contribution in [2.24, 2.45) is 0 Å². The summed E-state index contributed by atoms with van der Waals surface area (Å²) in [7, 11) is 0. The standard InChI is InChI=1S/C7H15BO/c1-3-4-5-6-7-8(2)9/h6-7,9H,3-5H2,1-2H3/b7-6+. The highest BCUT2D eigenvalue weighted by molar-refractivity contribution is 6.54. The number of hydrogen-bond acceptors (Lipinski definition) is 1. The van der Waals surface area contributed by atoms with Gasteiger partial charge in [-0.2, -0.15) is 0 Å². The topological polar surface area (TPSA) is 20.2 Å².